The van der Waals surface area contributed by atoms with Crippen molar-refractivity contribution in [1.29, 1.82) is 0 Å². The summed E-state index contributed by atoms with van der Waals surface area (Å²) < 4.78 is 27.0. The third kappa shape index (κ3) is 7.16. The second kappa shape index (κ2) is 14.7. The highest BCUT2D eigenvalue weighted by Crippen LogP contribution is 2.39. The molecular formula is C43H54N2O4Si2. The van der Waals surface area contributed by atoms with Gasteiger partial charge in [-0.2, -0.15) is 0 Å². The third-order valence-electron chi connectivity index (χ3n) is 10.3. The Balaban J connectivity index is 1.21. The fraction of sp³-hybridized carbons (Fsp3) is 0.395. The molecule has 2 heterocycles. The minimum absolute atomic E-state index is 0.112. The van der Waals surface area contributed by atoms with Gasteiger partial charge in [0.2, 0.25) is 0 Å². The van der Waals surface area contributed by atoms with E-state index in [0.29, 0.717) is 38.2 Å². The lowest BCUT2D eigenvalue weighted by Crippen LogP contribution is -2.67. The molecular weight excluding hydrogens is 665 g/mol. The monoisotopic (exact) mass is 718 g/mol. The molecule has 4 aromatic rings. The van der Waals surface area contributed by atoms with Crippen LogP contribution in [-0.4, -0.2) is 66.9 Å². The SMILES string of the molecule is CC(C)(C1=N[C@@H](CO[Si](c2ccccc2)(c2ccccc2)C(C)(C)C)CO1)C1=N[C@@H](CO[Si](c2ccccc2)(c2ccccc2)C(C)(C)C)CO1. The van der Waals surface area contributed by atoms with Crippen molar-refractivity contribution in [3.05, 3.63) is 121 Å². The molecule has 6 nitrogen and oxygen atoms in total. The second-order valence-electron chi connectivity index (χ2n) is 16.4. The lowest BCUT2D eigenvalue weighted by atomic mass is 9.93. The lowest BCUT2D eigenvalue weighted by molar-refractivity contribution is 0.217. The molecule has 0 fully saturated rings. The molecule has 8 heteroatoms. The number of benzene rings is 4. The Morgan fingerprint density at radius 3 is 1.02 bits per heavy atom. The van der Waals surface area contributed by atoms with Crippen LogP contribution in [0.3, 0.4) is 0 Å². The number of ether oxygens (including phenoxy) is 2. The van der Waals surface area contributed by atoms with Crippen molar-refractivity contribution >= 4 is 49.2 Å². The van der Waals surface area contributed by atoms with Gasteiger partial charge >= 0.3 is 0 Å². The quantitative estimate of drug-likeness (QED) is 0.152. The van der Waals surface area contributed by atoms with E-state index in [2.05, 4.69) is 177 Å². The van der Waals surface area contributed by atoms with Crippen LogP contribution in [0.25, 0.3) is 0 Å². The Labute approximate surface area is 307 Å². The molecule has 0 spiro atoms. The summed E-state index contributed by atoms with van der Waals surface area (Å²) in [6.07, 6.45) is 0. The molecule has 0 bridgehead atoms. The maximum atomic E-state index is 7.20. The van der Waals surface area contributed by atoms with Gasteiger partial charge in [-0.25, -0.2) is 9.98 Å². The first-order valence-corrected chi connectivity index (χ1v) is 22.0. The predicted molar refractivity (Wildman–Crippen MR) is 215 cm³/mol. The maximum absolute atomic E-state index is 7.20. The zero-order chi connectivity index (χ0) is 36.3. The van der Waals surface area contributed by atoms with Crippen molar-refractivity contribution in [3.63, 3.8) is 0 Å². The van der Waals surface area contributed by atoms with Gasteiger partial charge < -0.3 is 18.3 Å². The van der Waals surface area contributed by atoms with Crippen LogP contribution in [0.15, 0.2) is 131 Å². The number of aliphatic imine (C=N–C) groups is 2. The summed E-state index contributed by atoms with van der Waals surface area (Å²) in [7, 11) is -5.38. The van der Waals surface area contributed by atoms with Gasteiger partial charge in [0.1, 0.15) is 30.7 Å². The lowest BCUT2D eigenvalue weighted by Gasteiger charge is -2.43. The van der Waals surface area contributed by atoms with E-state index >= 15 is 0 Å². The van der Waals surface area contributed by atoms with Gasteiger partial charge in [-0.1, -0.05) is 163 Å². The molecule has 0 unspecified atom stereocenters. The van der Waals surface area contributed by atoms with Crippen LogP contribution < -0.4 is 20.7 Å². The summed E-state index contributed by atoms with van der Waals surface area (Å²) in [5.41, 5.74) is -0.627. The Bertz CT molecular complexity index is 1590. The predicted octanol–water partition coefficient (Wildman–Crippen LogP) is 6.76. The van der Waals surface area contributed by atoms with Crippen LogP contribution in [0.2, 0.25) is 10.1 Å². The van der Waals surface area contributed by atoms with Gasteiger partial charge in [-0.15, -0.1) is 0 Å². The van der Waals surface area contributed by atoms with Crippen LogP contribution >= 0.6 is 0 Å². The summed E-state index contributed by atoms with van der Waals surface area (Å²) in [6, 6.07) is 42.7. The summed E-state index contributed by atoms with van der Waals surface area (Å²) in [5.74, 6) is 1.29. The van der Waals surface area contributed by atoms with Crippen LogP contribution in [0.1, 0.15) is 55.4 Å². The van der Waals surface area contributed by atoms with Crippen LogP contribution in [0.5, 0.6) is 0 Å². The van der Waals surface area contributed by atoms with Gasteiger partial charge in [0.05, 0.1) is 13.2 Å². The molecule has 0 radical (unpaired) electrons. The molecule has 4 aromatic carbocycles. The molecule has 0 aliphatic carbocycles. The zero-order valence-corrected chi connectivity index (χ0v) is 33.6. The van der Waals surface area contributed by atoms with E-state index in [1.807, 2.05) is 0 Å². The van der Waals surface area contributed by atoms with Gasteiger partial charge in [0, 0.05) is 0 Å². The summed E-state index contributed by atoms with van der Waals surface area (Å²) in [4.78, 5) is 10.2. The average Bonchev–Trinajstić information content (AvgIpc) is 3.81. The van der Waals surface area contributed by atoms with Crippen molar-refractivity contribution in [2.45, 2.75) is 77.6 Å². The molecule has 0 N–H and O–H groups in total. The Morgan fingerprint density at radius 1 is 0.490 bits per heavy atom. The Morgan fingerprint density at radius 2 is 0.765 bits per heavy atom. The van der Waals surface area contributed by atoms with Crippen molar-refractivity contribution < 1.29 is 18.3 Å². The summed E-state index contributed by atoms with van der Waals surface area (Å²) in [6.45, 7) is 19.8. The fourth-order valence-corrected chi connectivity index (χ4v) is 16.9. The number of nitrogens with zero attached hydrogens (tertiary/aromatic N) is 2. The molecule has 0 saturated heterocycles. The zero-order valence-electron chi connectivity index (χ0n) is 31.6. The van der Waals surface area contributed by atoms with E-state index in [-0.39, 0.29) is 22.2 Å². The molecule has 51 heavy (non-hydrogen) atoms. The van der Waals surface area contributed by atoms with E-state index in [1.54, 1.807) is 0 Å². The standard InChI is InChI=1S/C43H54N2O4Si2/c1-41(2,3)50(35-21-13-9-14-22-35,36-23-15-10-16-24-36)48-31-33-29-46-39(44-33)43(7,8)40-45-34(30-47-40)32-49-51(42(4,5)6,37-25-17-11-18-26-37)38-27-19-12-20-28-38/h9-28,33-34H,29-32H2,1-8H3/t33-,34-/m1/s1. The van der Waals surface area contributed by atoms with Gasteiger partial charge in [-0.3, -0.25) is 0 Å². The van der Waals surface area contributed by atoms with Crippen molar-refractivity contribution in [3.8, 4) is 0 Å². The van der Waals surface area contributed by atoms with E-state index in [9.17, 15) is 0 Å². The van der Waals surface area contributed by atoms with E-state index in [1.165, 1.54) is 20.7 Å². The third-order valence-corrected chi connectivity index (χ3v) is 20.3. The van der Waals surface area contributed by atoms with Gasteiger partial charge in [0.15, 0.2) is 11.8 Å². The molecule has 2 aliphatic heterocycles. The molecule has 0 amide bonds. The second-order valence-corrected chi connectivity index (χ2v) is 25.0. The van der Waals surface area contributed by atoms with Crippen molar-refractivity contribution in [2.24, 2.45) is 15.4 Å². The van der Waals surface area contributed by atoms with Crippen molar-refractivity contribution in [1.82, 2.24) is 0 Å². The maximum Gasteiger partial charge on any atom is 0.261 e. The molecule has 268 valence electrons. The first-order chi connectivity index (χ1) is 24.3. The normalized spacial score (nSPS) is 18.5. The first kappa shape index (κ1) is 36.9. The Hall–Kier alpha value is -3.83. The number of hydrogen-bond donors (Lipinski definition) is 0. The summed E-state index contributed by atoms with van der Waals surface area (Å²) >= 11 is 0. The minimum atomic E-state index is -2.69. The number of hydrogen-bond acceptors (Lipinski definition) is 6. The highest BCUT2D eigenvalue weighted by Gasteiger charge is 2.52. The molecule has 2 aliphatic rings. The van der Waals surface area contributed by atoms with E-state index in [4.69, 9.17) is 28.3 Å². The molecule has 0 saturated carbocycles. The van der Waals surface area contributed by atoms with Crippen LogP contribution in [0.4, 0.5) is 0 Å². The molecule has 2 atom stereocenters. The number of rotatable bonds is 12. The van der Waals surface area contributed by atoms with Gasteiger partial charge in [-0.05, 0) is 44.7 Å². The topological polar surface area (TPSA) is 61.6 Å². The highest BCUT2D eigenvalue weighted by atomic mass is 28.4. The van der Waals surface area contributed by atoms with E-state index < -0.39 is 22.0 Å². The Kier molecular flexibility index (Phi) is 10.6. The summed E-state index contributed by atoms with van der Waals surface area (Å²) in [5, 5.41) is 4.80. The van der Waals surface area contributed by atoms with Crippen molar-refractivity contribution in [2.75, 3.05) is 26.4 Å². The van der Waals surface area contributed by atoms with E-state index in [0.717, 1.165) is 0 Å². The molecule has 0 aromatic heterocycles. The van der Waals surface area contributed by atoms with Gasteiger partial charge in [0.25, 0.3) is 16.6 Å². The first-order valence-electron chi connectivity index (χ1n) is 18.2. The largest absolute Gasteiger partial charge is 0.478 e. The van der Waals surface area contributed by atoms with Crippen LogP contribution in [0, 0.1) is 5.41 Å². The average molecular weight is 719 g/mol. The smallest absolute Gasteiger partial charge is 0.261 e. The minimum Gasteiger partial charge on any atom is -0.478 e. The molecule has 6 rings (SSSR count). The van der Waals surface area contributed by atoms with Crippen LogP contribution in [-0.2, 0) is 18.3 Å². The highest BCUT2D eigenvalue weighted by molar-refractivity contribution is 7.00. The fourth-order valence-electron chi connectivity index (χ4n) is 7.74.